The molecule has 1 unspecified atom stereocenters. The van der Waals surface area contributed by atoms with Crippen LogP contribution < -0.4 is 10.5 Å². The van der Waals surface area contributed by atoms with Crippen molar-refractivity contribution in [3.63, 3.8) is 0 Å². The fourth-order valence-electron chi connectivity index (χ4n) is 1.35. The molecule has 4 heteroatoms. The number of rotatable bonds is 4. The van der Waals surface area contributed by atoms with E-state index in [0.717, 1.165) is 0 Å². The Bertz CT molecular complexity index is 363. The molecule has 0 aliphatic heterocycles. The third-order valence-corrected chi connectivity index (χ3v) is 2.07. The summed E-state index contributed by atoms with van der Waals surface area (Å²) in [6, 6.07) is 6.40. The van der Waals surface area contributed by atoms with E-state index in [1.54, 1.807) is 12.1 Å². The van der Waals surface area contributed by atoms with Crippen LogP contribution in [0.3, 0.4) is 0 Å². The van der Waals surface area contributed by atoms with Gasteiger partial charge in [0.15, 0.2) is 0 Å². The molecule has 0 saturated heterocycles. The van der Waals surface area contributed by atoms with Gasteiger partial charge in [-0.3, -0.25) is 4.79 Å². The zero-order valence-corrected chi connectivity index (χ0v) is 9.77. The van der Waals surface area contributed by atoms with Crippen molar-refractivity contribution in [2.24, 2.45) is 5.73 Å². The lowest BCUT2D eigenvalue weighted by atomic mass is 10.1. The number of nitrogens with two attached hydrogens (primary N) is 1. The third kappa shape index (κ3) is 2.97. The topological polar surface area (TPSA) is 61.5 Å². The number of hydrogen-bond acceptors (Lipinski definition) is 4. The smallest absolute Gasteiger partial charge is 0.327 e. The summed E-state index contributed by atoms with van der Waals surface area (Å²) in [6.07, 6.45) is 0.0333. The first kappa shape index (κ1) is 12.5. The average molecular weight is 223 g/mol. The van der Waals surface area contributed by atoms with Crippen LogP contribution in [0.1, 0.15) is 25.5 Å². The number of ether oxygens (including phenoxy) is 2. The average Bonchev–Trinajstić information content (AvgIpc) is 2.27. The number of carbonyl (C=O) groups is 1. The van der Waals surface area contributed by atoms with Gasteiger partial charge in [0, 0.05) is 5.56 Å². The Morgan fingerprint density at radius 3 is 2.50 bits per heavy atom. The van der Waals surface area contributed by atoms with Crippen LogP contribution in [0.4, 0.5) is 0 Å². The molecule has 1 aromatic rings. The molecule has 0 spiro atoms. The van der Waals surface area contributed by atoms with Gasteiger partial charge in [-0.05, 0) is 19.9 Å². The van der Waals surface area contributed by atoms with Crippen molar-refractivity contribution >= 4 is 5.97 Å². The number of para-hydroxylation sites is 1. The van der Waals surface area contributed by atoms with Crippen LogP contribution >= 0.6 is 0 Å². The van der Waals surface area contributed by atoms with Gasteiger partial charge in [-0.1, -0.05) is 18.2 Å². The maximum atomic E-state index is 11.3. The first-order chi connectivity index (χ1) is 7.56. The Balaban J connectivity index is 2.98. The van der Waals surface area contributed by atoms with Gasteiger partial charge in [-0.15, -0.1) is 0 Å². The zero-order chi connectivity index (χ0) is 12.1. The van der Waals surface area contributed by atoms with E-state index in [0.29, 0.717) is 11.3 Å². The van der Waals surface area contributed by atoms with E-state index in [-0.39, 0.29) is 6.10 Å². The zero-order valence-electron chi connectivity index (χ0n) is 9.77. The standard InChI is InChI=1S/C12H17NO3/c1-8(2)16-10-7-5-4-6-9(10)11(13)12(14)15-3/h4-8,11H,13H2,1-3H3. The highest BCUT2D eigenvalue weighted by Crippen LogP contribution is 2.25. The van der Waals surface area contributed by atoms with Gasteiger partial charge < -0.3 is 15.2 Å². The second kappa shape index (κ2) is 5.51. The van der Waals surface area contributed by atoms with E-state index in [2.05, 4.69) is 4.74 Å². The molecular formula is C12H17NO3. The molecule has 0 saturated carbocycles. The molecular weight excluding hydrogens is 206 g/mol. The van der Waals surface area contributed by atoms with E-state index in [1.807, 2.05) is 26.0 Å². The van der Waals surface area contributed by atoms with Gasteiger partial charge in [0.1, 0.15) is 11.8 Å². The fraction of sp³-hybridized carbons (Fsp3) is 0.417. The van der Waals surface area contributed by atoms with Crippen molar-refractivity contribution in [1.29, 1.82) is 0 Å². The van der Waals surface area contributed by atoms with Crippen LogP contribution in [0, 0.1) is 0 Å². The predicted molar refractivity (Wildman–Crippen MR) is 61.2 cm³/mol. The van der Waals surface area contributed by atoms with Crippen LogP contribution in [-0.2, 0) is 9.53 Å². The summed E-state index contributed by atoms with van der Waals surface area (Å²) < 4.78 is 10.2. The first-order valence-electron chi connectivity index (χ1n) is 5.15. The molecule has 2 N–H and O–H groups in total. The lowest BCUT2D eigenvalue weighted by molar-refractivity contribution is -0.142. The summed E-state index contributed by atoms with van der Waals surface area (Å²) >= 11 is 0. The number of carbonyl (C=O) groups excluding carboxylic acids is 1. The fourth-order valence-corrected chi connectivity index (χ4v) is 1.35. The molecule has 0 heterocycles. The van der Waals surface area contributed by atoms with Crippen LogP contribution in [0.15, 0.2) is 24.3 Å². The molecule has 0 fully saturated rings. The van der Waals surface area contributed by atoms with Gasteiger partial charge >= 0.3 is 5.97 Å². The molecule has 0 bridgehead atoms. The van der Waals surface area contributed by atoms with Gasteiger partial charge in [0.2, 0.25) is 0 Å². The lowest BCUT2D eigenvalue weighted by Gasteiger charge is -2.17. The SMILES string of the molecule is COC(=O)C(N)c1ccccc1OC(C)C. The monoisotopic (exact) mass is 223 g/mol. The highest BCUT2D eigenvalue weighted by atomic mass is 16.5. The molecule has 0 aliphatic carbocycles. The number of esters is 1. The molecule has 1 aromatic carbocycles. The quantitative estimate of drug-likeness (QED) is 0.788. The molecule has 4 nitrogen and oxygen atoms in total. The van der Waals surface area contributed by atoms with Crippen LogP contribution in [0.2, 0.25) is 0 Å². The molecule has 16 heavy (non-hydrogen) atoms. The van der Waals surface area contributed by atoms with Crippen molar-refractivity contribution < 1.29 is 14.3 Å². The Morgan fingerprint density at radius 1 is 1.31 bits per heavy atom. The summed E-state index contributed by atoms with van der Waals surface area (Å²) in [5.74, 6) is 0.148. The number of methoxy groups -OCH3 is 1. The molecule has 1 atom stereocenters. The van der Waals surface area contributed by atoms with Crippen LogP contribution in [0.5, 0.6) is 5.75 Å². The third-order valence-electron chi connectivity index (χ3n) is 2.07. The molecule has 0 aromatic heterocycles. The van der Waals surface area contributed by atoms with Crippen molar-refractivity contribution in [2.75, 3.05) is 7.11 Å². The van der Waals surface area contributed by atoms with Gasteiger partial charge in [-0.25, -0.2) is 0 Å². The highest BCUT2D eigenvalue weighted by molar-refractivity contribution is 5.78. The highest BCUT2D eigenvalue weighted by Gasteiger charge is 2.20. The Hall–Kier alpha value is -1.55. The van der Waals surface area contributed by atoms with E-state index >= 15 is 0 Å². The van der Waals surface area contributed by atoms with Crippen LogP contribution in [0.25, 0.3) is 0 Å². The summed E-state index contributed by atoms with van der Waals surface area (Å²) in [6.45, 7) is 3.83. The van der Waals surface area contributed by atoms with Gasteiger partial charge in [0.25, 0.3) is 0 Å². The van der Waals surface area contributed by atoms with Crippen molar-refractivity contribution in [3.8, 4) is 5.75 Å². The maximum absolute atomic E-state index is 11.3. The largest absolute Gasteiger partial charge is 0.491 e. The van der Waals surface area contributed by atoms with Gasteiger partial charge in [0.05, 0.1) is 13.2 Å². The Kier molecular flexibility index (Phi) is 4.31. The number of benzene rings is 1. The Morgan fingerprint density at radius 2 is 1.94 bits per heavy atom. The summed E-state index contributed by atoms with van der Waals surface area (Å²) in [5.41, 5.74) is 6.41. The van der Waals surface area contributed by atoms with Crippen LogP contribution in [-0.4, -0.2) is 19.2 Å². The van der Waals surface area contributed by atoms with E-state index in [9.17, 15) is 4.79 Å². The second-order valence-electron chi connectivity index (χ2n) is 3.71. The molecule has 1 rings (SSSR count). The molecule has 88 valence electrons. The summed E-state index contributed by atoms with van der Waals surface area (Å²) in [5, 5.41) is 0. The van der Waals surface area contributed by atoms with E-state index < -0.39 is 12.0 Å². The lowest BCUT2D eigenvalue weighted by Crippen LogP contribution is -2.23. The van der Waals surface area contributed by atoms with E-state index in [4.69, 9.17) is 10.5 Å². The molecule has 0 radical (unpaired) electrons. The normalized spacial score (nSPS) is 12.3. The van der Waals surface area contributed by atoms with Crippen molar-refractivity contribution in [3.05, 3.63) is 29.8 Å². The first-order valence-corrected chi connectivity index (χ1v) is 5.15. The summed E-state index contributed by atoms with van der Waals surface area (Å²) in [7, 11) is 1.31. The second-order valence-corrected chi connectivity index (χ2v) is 3.71. The minimum Gasteiger partial charge on any atom is -0.491 e. The summed E-state index contributed by atoms with van der Waals surface area (Å²) in [4.78, 5) is 11.3. The van der Waals surface area contributed by atoms with E-state index in [1.165, 1.54) is 7.11 Å². The maximum Gasteiger partial charge on any atom is 0.327 e. The molecule has 0 aliphatic rings. The minimum absolute atomic E-state index is 0.0333. The minimum atomic E-state index is -0.806. The van der Waals surface area contributed by atoms with Crippen molar-refractivity contribution in [1.82, 2.24) is 0 Å². The van der Waals surface area contributed by atoms with Crippen molar-refractivity contribution in [2.45, 2.75) is 26.0 Å². The predicted octanol–water partition coefficient (Wildman–Crippen LogP) is 1.65. The molecule has 0 amide bonds. The number of hydrogen-bond donors (Lipinski definition) is 1. The van der Waals surface area contributed by atoms with Gasteiger partial charge in [-0.2, -0.15) is 0 Å². The Labute approximate surface area is 95.3 Å².